The van der Waals surface area contributed by atoms with E-state index in [4.69, 9.17) is 15.2 Å². The van der Waals surface area contributed by atoms with Gasteiger partial charge in [-0.1, -0.05) is 30.3 Å². The largest absolute Gasteiger partial charge is 0.493 e. The predicted molar refractivity (Wildman–Crippen MR) is 108 cm³/mol. The van der Waals surface area contributed by atoms with Gasteiger partial charge in [-0.05, 0) is 29.5 Å². The normalized spacial score (nSPS) is 11.3. The summed E-state index contributed by atoms with van der Waals surface area (Å²) in [6.45, 7) is 0.440. The first-order valence-electron chi connectivity index (χ1n) is 7.86. The second kappa shape index (κ2) is 10.3. The molecule has 0 aliphatic carbocycles. The van der Waals surface area contributed by atoms with Gasteiger partial charge < -0.3 is 20.1 Å². The molecule has 2 aromatic rings. The van der Waals surface area contributed by atoms with Crippen molar-refractivity contribution < 1.29 is 14.3 Å². The number of rotatable bonds is 7. The molecule has 0 heterocycles. The van der Waals surface area contributed by atoms with Crippen molar-refractivity contribution in [2.24, 2.45) is 5.73 Å². The van der Waals surface area contributed by atoms with E-state index in [9.17, 15) is 4.79 Å². The number of methoxy groups -OCH3 is 2. The van der Waals surface area contributed by atoms with Gasteiger partial charge in [-0.3, -0.25) is 4.79 Å². The molecule has 0 aliphatic heterocycles. The van der Waals surface area contributed by atoms with Crippen LogP contribution < -0.4 is 15.2 Å². The van der Waals surface area contributed by atoms with E-state index in [2.05, 4.69) is 0 Å². The van der Waals surface area contributed by atoms with Crippen LogP contribution in [-0.2, 0) is 11.3 Å². The van der Waals surface area contributed by atoms with E-state index in [0.29, 0.717) is 18.0 Å². The molecule has 0 fully saturated rings. The van der Waals surface area contributed by atoms with Crippen molar-refractivity contribution in [1.29, 1.82) is 0 Å². The first-order valence-corrected chi connectivity index (χ1v) is 9.08. The number of halogens is 1. The summed E-state index contributed by atoms with van der Waals surface area (Å²) in [6.07, 6.45) is 1.99. The predicted octanol–water partition coefficient (Wildman–Crippen LogP) is 3.51. The van der Waals surface area contributed by atoms with Gasteiger partial charge in [0.25, 0.3) is 0 Å². The summed E-state index contributed by atoms with van der Waals surface area (Å²) in [7, 11) is 4.96. The molecule has 5 nitrogen and oxygen atoms in total. The third-order valence-corrected chi connectivity index (χ3v) is 4.81. The van der Waals surface area contributed by atoms with E-state index >= 15 is 0 Å². The van der Waals surface area contributed by atoms with E-state index in [1.165, 1.54) is 0 Å². The van der Waals surface area contributed by atoms with Crippen molar-refractivity contribution >= 4 is 30.1 Å². The number of nitrogens with zero attached hydrogens (tertiary/aromatic N) is 1. The van der Waals surface area contributed by atoms with Crippen molar-refractivity contribution in [3.63, 3.8) is 0 Å². The molecule has 0 radical (unpaired) electrons. The van der Waals surface area contributed by atoms with Gasteiger partial charge >= 0.3 is 0 Å². The molecular formula is C19H25ClN2O3S. The number of amides is 1. The summed E-state index contributed by atoms with van der Waals surface area (Å²) in [4.78, 5) is 15.3. The minimum atomic E-state index is -0.677. The number of benzene rings is 2. The zero-order valence-corrected chi connectivity index (χ0v) is 17.0. The Morgan fingerprint density at radius 2 is 1.73 bits per heavy atom. The molecule has 1 unspecified atom stereocenters. The molecule has 2 rings (SSSR count). The van der Waals surface area contributed by atoms with E-state index in [1.54, 1.807) is 37.9 Å². The van der Waals surface area contributed by atoms with E-state index < -0.39 is 6.04 Å². The Balaban J connectivity index is 0.00000338. The van der Waals surface area contributed by atoms with Crippen LogP contribution in [0.1, 0.15) is 17.2 Å². The summed E-state index contributed by atoms with van der Waals surface area (Å²) in [6, 6.07) is 12.5. The molecular weight excluding hydrogens is 372 g/mol. The fourth-order valence-electron chi connectivity index (χ4n) is 2.59. The molecule has 0 aromatic heterocycles. The van der Waals surface area contributed by atoms with Crippen LogP contribution >= 0.6 is 24.2 Å². The number of ether oxygens (including phenoxy) is 2. The fraction of sp³-hybridized carbons (Fsp3) is 0.316. The van der Waals surface area contributed by atoms with Crippen LogP contribution in [-0.4, -0.2) is 38.3 Å². The highest BCUT2D eigenvalue weighted by Crippen LogP contribution is 2.35. The van der Waals surface area contributed by atoms with Crippen LogP contribution in [0, 0.1) is 0 Å². The summed E-state index contributed by atoms with van der Waals surface area (Å²) in [5.74, 6) is 1.18. The SMILES string of the molecule is COc1cc(CN(C)C(=O)C(N)c2ccccc2)c(SC)cc1OC.Cl. The average Bonchev–Trinajstić information content (AvgIpc) is 2.66. The maximum atomic E-state index is 12.7. The second-order valence-electron chi connectivity index (χ2n) is 5.60. The lowest BCUT2D eigenvalue weighted by Gasteiger charge is -2.23. The molecule has 0 aliphatic rings. The van der Waals surface area contributed by atoms with Gasteiger partial charge in [0.15, 0.2) is 11.5 Å². The Morgan fingerprint density at radius 1 is 1.15 bits per heavy atom. The minimum absolute atomic E-state index is 0. The molecule has 1 atom stereocenters. The van der Waals surface area contributed by atoms with Crippen LogP contribution in [0.3, 0.4) is 0 Å². The van der Waals surface area contributed by atoms with E-state index in [-0.39, 0.29) is 18.3 Å². The molecule has 0 saturated carbocycles. The van der Waals surface area contributed by atoms with Gasteiger partial charge in [0.05, 0.1) is 14.2 Å². The van der Waals surface area contributed by atoms with Crippen molar-refractivity contribution in [1.82, 2.24) is 4.90 Å². The fourth-order valence-corrected chi connectivity index (χ4v) is 3.20. The van der Waals surface area contributed by atoms with Gasteiger partial charge in [0, 0.05) is 18.5 Å². The summed E-state index contributed by atoms with van der Waals surface area (Å²) in [5.41, 5.74) is 7.91. The third-order valence-electron chi connectivity index (χ3n) is 4.00. The monoisotopic (exact) mass is 396 g/mol. The average molecular weight is 397 g/mol. The van der Waals surface area contributed by atoms with Crippen molar-refractivity contribution in [2.75, 3.05) is 27.5 Å². The Hall–Kier alpha value is -1.89. The van der Waals surface area contributed by atoms with Gasteiger partial charge in [-0.2, -0.15) is 0 Å². The van der Waals surface area contributed by atoms with Crippen molar-refractivity contribution in [2.45, 2.75) is 17.5 Å². The van der Waals surface area contributed by atoms with Gasteiger partial charge in [0.2, 0.25) is 5.91 Å². The number of nitrogens with two attached hydrogens (primary N) is 1. The Morgan fingerprint density at radius 3 is 2.27 bits per heavy atom. The first kappa shape index (κ1) is 22.2. The van der Waals surface area contributed by atoms with Crippen molar-refractivity contribution in [3.8, 4) is 11.5 Å². The Kier molecular flexibility index (Phi) is 8.78. The third kappa shape index (κ3) is 5.06. The highest BCUT2D eigenvalue weighted by molar-refractivity contribution is 7.98. The quantitative estimate of drug-likeness (QED) is 0.725. The number of carbonyl (C=O) groups excluding carboxylic acids is 1. The number of thioether (sulfide) groups is 1. The second-order valence-corrected chi connectivity index (χ2v) is 6.45. The zero-order chi connectivity index (χ0) is 18.4. The van der Waals surface area contributed by atoms with E-state index in [0.717, 1.165) is 16.0 Å². The number of carbonyl (C=O) groups is 1. The van der Waals surface area contributed by atoms with Gasteiger partial charge in [-0.25, -0.2) is 0 Å². The first-order chi connectivity index (χ1) is 12.0. The lowest BCUT2D eigenvalue weighted by Crippen LogP contribution is -2.35. The van der Waals surface area contributed by atoms with Crippen LogP contribution in [0.2, 0.25) is 0 Å². The lowest BCUT2D eigenvalue weighted by atomic mass is 10.1. The summed E-state index contributed by atoms with van der Waals surface area (Å²) >= 11 is 1.60. The smallest absolute Gasteiger partial charge is 0.244 e. The Bertz CT molecular complexity index is 728. The molecule has 7 heteroatoms. The molecule has 142 valence electrons. The molecule has 0 spiro atoms. The number of likely N-dealkylation sites (N-methyl/N-ethyl adjacent to an activating group) is 1. The van der Waals surface area contributed by atoms with Crippen LogP contribution in [0.5, 0.6) is 11.5 Å². The topological polar surface area (TPSA) is 64.8 Å². The van der Waals surface area contributed by atoms with Crippen molar-refractivity contribution in [3.05, 3.63) is 53.6 Å². The van der Waals surface area contributed by atoms with Gasteiger partial charge in [0.1, 0.15) is 6.04 Å². The van der Waals surface area contributed by atoms with Crippen LogP contribution in [0.15, 0.2) is 47.4 Å². The lowest BCUT2D eigenvalue weighted by molar-refractivity contribution is -0.132. The maximum absolute atomic E-state index is 12.7. The van der Waals surface area contributed by atoms with Crippen LogP contribution in [0.4, 0.5) is 0 Å². The number of hydrogen-bond acceptors (Lipinski definition) is 5. The highest BCUT2D eigenvalue weighted by atomic mass is 35.5. The van der Waals surface area contributed by atoms with Gasteiger partial charge in [-0.15, -0.1) is 24.2 Å². The van der Waals surface area contributed by atoms with E-state index in [1.807, 2.05) is 48.7 Å². The summed E-state index contributed by atoms with van der Waals surface area (Å²) < 4.78 is 10.7. The minimum Gasteiger partial charge on any atom is -0.493 e. The standard InChI is InChI=1S/C19H24N2O3S.ClH/c1-21(19(22)18(20)13-8-6-5-7-9-13)12-14-10-15(23-2)16(24-3)11-17(14)25-4;/h5-11,18H,12,20H2,1-4H3;1H. The zero-order valence-electron chi connectivity index (χ0n) is 15.4. The molecule has 2 aromatic carbocycles. The highest BCUT2D eigenvalue weighted by Gasteiger charge is 2.21. The molecule has 26 heavy (non-hydrogen) atoms. The molecule has 2 N–H and O–H groups in total. The summed E-state index contributed by atoms with van der Waals surface area (Å²) in [5, 5.41) is 0. The Labute approximate surface area is 165 Å². The van der Waals surface area contributed by atoms with Crippen LogP contribution in [0.25, 0.3) is 0 Å². The number of hydrogen-bond donors (Lipinski definition) is 1. The molecule has 0 bridgehead atoms. The molecule has 1 amide bonds. The molecule has 0 saturated heterocycles. The maximum Gasteiger partial charge on any atom is 0.244 e.